The van der Waals surface area contributed by atoms with Crippen molar-refractivity contribution in [3.8, 4) is 0 Å². The smallest absolute Gasteiger partial charge is 0.216 e. The Morgan fingerprint density at radius 3 is 2.62 bits per heavy atom. The third-order valence-corrected chi connectivity index (χ3v) is 6.07. The molecule has 1 aliphatic heterocycles. The highest BCUT2D eigenvalue weighted by Crippen LogP contribution is 2.18. The third-order valence-electron chi connectivity index (χ3n) is 3.39. The van der Waals surface area contributed by atoms with Crippen LogP contribution >= 0.6 is 11.8 Å². The zero-order valence-electron chi connectivity index (χ0n) is 12.6. The molecule has 1 aromatic rings. The van der Waals surface area contributed by atoms with Crippen molar-refractivity contribution in [1.82, 2.24) is 10.0 Å². The van der Waals surface area contributed by atoms with Crippen LogP contribution in [0.25, 0.3) is 0 Å². The van der Waals surface area contributed by atoms with Crippen LogP contribution in [0.2, 0.25) is 0 Å². The lowest BCUT2D eigenvalue weighted by molar-refractivity contribution is 0.554. The first-order chi connectivity index (χ1) is 9.96. The van der Waals surface area contributed by atoms with E-state index in [2.05, 4.69) is 10.0 Å². The van der Waals surface area contributed by atoms with Crippen LogP contribution in [0.3, 0.4) is 0 Å². The Labute approximate surface area is 132 Å². The average Bonchev–Trinajstić information content (AvgIpc) is 2.88. The number of hydrogen-bond donors (Lipinski definition) is 2. The van der Waals surface area contributed by atoms with Crippen molar-refractivity contribution in [2.45, 2.75) is 44.6 Å². The van der Waals surface area contributed by atoms with E-state index in [-0.39, 0.29) is 11.8 Å². The van der Waals surface area contributed by atoms with Gasteiger partial charge in [0.05, 0.1) is 5.75 Å². The zero-order valence-corrected chi connectivity index (χ0v) is 14.3. The molecule has 0 bridgehead atoms. The van der Waals surface area contributed by atoms with E-state index in [1.165, 1.54) is 12.2 Å². The van der Waals surface area contributed by atoms with Gasteiger partial charge in [0, 0.05) is 24.4 Å². The predicted octanol–water partition coefficient (Wildman–Crippen LogP) is 2.11. The Morgan fingerprint density at radius 1 is 1.29 bits per heavy atom. The summed E-state index contributed by atoms with van der Waals surface area (Å²) in [4.78, 5) is 0. The van der Waals surface area contributed by atoms with Crippen LogP contribution in [0.4, 0.5) is 0 Å². The van der Waals surface area contributed by atoms with Gasteiger partial charge in [0.1, 0.15) is 0 Å². The van der Waals surface area contributed by atoms with Gasteiger partial charge < -0.3 is 5.32 Å². The minimum Gasteiger partial charge on any atom is -0.309 e. The number of nitrogens with one attached hydrogen (secondary N) is 2. The maximum Gasteiger partial charge on any atom is 0.216 e. The van der Waals surface area contributed by atoms with Crippen LogP contribution < -0.4 is 10.0 Å². The summed E-state index contributed by atoms with van der Waals surface area (Å²) in [5.41, 5.74) is 1.95. The lowest BCUT2D eigenvalue weighted by atomic mass is 10.1. The third kappa shape index (κ3) is 5.62. The van der Waals surface area contributed by atoms with E-state index in [0.717, 1.165) is 23.4 Å². The molecule has 0 aromatic heterocycles. The number of rotatable bonds is 7. The SMILES string of the molecule is CC(C)NS(=O)(=O)Cc1ccccc1CN[C@@H]1CCSC1. The highest BCUT2D eigenvalue weighted by Gasteiger charge is 2.17. The second-order valence-electron chi connectivity index (χ2n) is 5.74. The van der Waals surface area contributed by atoms with Crippen LogP contribution in [0.5, 0.6) is 0 Å². The van der Waals surface area contributed by atoms with E-state index < -0.39 is 10.0 Å². The molecule has 0 unspecified atom stereocenters. The minimum absolute atomic E-state index is 0.0441. The van der Waals surface area contributed by atoms with E-state index >= 15 is 0 Å². The van der Waals surface area contributed by atoms with Crippen molar-refractivity contribution in [3.05, 3.63) is 35.4 Å². The van der Waals surface area contributed by atoms with Crippen molar-refractivity contribution in [3.63, 3.8) is 0 Å². The fourth-order valence-corrected chi connectivity index (χ4v) is 5.11. The van der Waals surface area contributed by atoms with E-state index in [1.807, 2.05) is 49.9 Å². The van der Waals surface area contributed by atoms with Crippen molar-refractivity contribution in [1.29, 1.82) is 0 Å². The molecule has 2 rings (SSSR count). The predicted molar refractivity (Wildman–Crippen MR) is 89.9 cm³/mol. The van der Waals surface area contributed by atoms with Crippen LogP contribution in [-0.4, -0.2) is 32.0 Å². The highest BCUT2D eigenvalue weighted by molar-refractivity contribution is 7.99. The van der Waals surface area contributed by atoms with E-state index in [1.54, 1.807) is 0 Å². The Bertz CT molecular complexity index is 553. The number of sulfonamides is 1. The van der Waals surface area contributed by atoms with E-state index in [0.29, 0.717) is 6.04 Å². The lowest BCUT2D eigenvalue weighted by Crippen LogP contribution is -2.32. The number of benzene rings is 1. The lowest BCUT2D eigenvalue weighted by Gasteiger charge is -2.15. The first-order valence-corrected chi connectivity index (χ1v) is 10.1. The Kier molecular flexibility index (Phi) is 6.10. The van der Waals surface area contributed by atoms with Gasteiger partial charge in [-0.1, -0.05) is 24.3 Å². The number of thioether (sulfide) groups is 1. The molecule has 1 heterocycles. The molecule has 0 radical (unpaired) electrons. The maximum absolute atomic E-state index is 12.1. The topological polar surface area (TPSA) is 58.2 Å². The molecule has 4 nitrogen and oxygen atoms in total. The fraction of sp³-hybridized carbons (Fsp3) is 0.600. The van der Waals surface area contributed by atoms with Gasteiger partial charge in [-0.2, -0.15) is 11.8 Å². The highest BCUT2D eigenvalue weighted by atomic mass is 32.2. The molecule has 1 saturated heterocycles. The molecule has 21 heavy (non-hydrogen) atoms. The second-order valence-corrected chi connectivity index (χ2v) is 8.65. The molecule has 0 amide bonds. The van der Waals surface area contributed by atoms with Crippen LogP contribution in [0.15, 0.2) is 24.3 Å². The Hall–Kier alpha value is -0.560. The minimum atomic E-state index is -3.28. The van der Waals surface area contributed by atoms with Gasteiger partial charge in [0.25, 0.3) is 0 Å². The monoisotopic (exact) mass is 328 g/mol. The van der Waals surface area contributed by atoms with Gasteiger partial charge in [-0.25, -0.2) is 13.1 Å². The van der Waals surface area contributed by atoms with Crippen LogP contribution in [-0.2, 0) is 22.3 Å². The van der Waals surface area contributed by atoms with Crippen LogP contribution in [0.1, 0.15) is 31.4 Å². The summed E-state index contributed by atoms with van der Waals surface area (Å²) in [6.07, 6.45) is 1.19. The summed E-state index contributed by atoms with van der Waals surface area (Å²) in [6.45, 7) is 4.41. The first-order valence-electron chi connectivity index (χ1n) is 7.34. The molecule has 0 spiro atoms. The number of hydrogen-bond acceptors (Lipinski definition) is 4. The fourth-order valence-electron chi connectivity index (χ4n) is 2.43. The van der Waals surface area contributed by atoms with Crippen molar-refractivity contribution < 1.29 is 8.42 Å². The normalized spacial score (nSPS) is 19.3. The van der Waals surface area contributed by atoms with Crippen molar-refractivity contribution >= 4 is 21.8 Å². The Morgan fingerprint density at radius 2 is 2.00 bits per heavy atom. The van der Waals surface area contributed by atoms with E-state index in [9.17, 15) is 8.42 Å². The summed E-state index contributed by atoms with van der Waals surface area (Å²) in [5, 5.41) is 3.53. The Balaban J connectivity index is 2.02. The summed E-state index contributed by atoms with van der Waals surface area (Å²) in [6, 6.07) is 8.25. The van der Waals surface area contributed by atoms with Gasteiger partial charge in [0.2, 0.25) is 10.0 Å². The average molecular weight is 329 g/mol. The summed E-state index contributed by atoms with van der Waals surface area (Å²) in [7, 11) is -3.28. The first kappa shape index (κ1) is 16.8. The second kappa shape index (κ2) is 7.63. The molecule has 6 heteroatoms. The molecule has 0 aliphatic carbocycles. The molecular formula is C15H24N2O2S2. The quantitative estimate of drug-likeness (QED) is 0.805. The summed E-state index contributed by atoms with van der Waals surface area (Å²) >= 11 is 1.97. The summed E-state index contributed by atoms with van der Waals surface area (Å²) < 4.78 is 26.8. The van der Waals surface area contributed by atoms with Crippen molar-refractivity contribution in [2.24, 2.45) is 0 Å². The molecule has 118 valence electrons. The van der Waals surface area contributed by atoms with Crippen molar-refractivity contribution in [2.75, 3.05) is 11.5 Å². The molecule has 1 fully saturated rings. The van der Waals surface area contributed by atoms with Gasteiger partial charge in [-0.3, -0.25) is 0 Å². The molecule has 0 saturated carbocycles. The van der Waals surface area contributed by atoms with Gasteiger partial charge in [-0.15, -0.1) is 0 Å². The molecular weight excluding hydrogens is 304 g/mol. The zero-order chi connectivity index (χ0) is 15.3. The molecule has 1 atom stereocenters. The van der Waals surface area contributed by atoms with Gasteiger partial charge in [-0.05, 0) is 37.1 Å². The largest absolute Gasteiger partial charge is 0.309 e. The van der Waals surface area contributed by atoms with Gasteiger partial charge in [0.15, 0.2) is 0 Å². The van der Waals surface area contributed by atoms with Crippen LogP contribution in [0, 0.1) is 0 Å². The molecule has 2 N–H and O–H groups in total. The molecule has 1 aromatic carbocycles. The van der Waals surface area contributed by atoms with E-state index in [4.69, 9.17) is 0 Å². The maximum atomic E-state index is 12.1. The van der Waals surface area contributed by atoms with Gasteiger partial charge >= 0.3 is 0 Å². The molecule has 1 aliphatic rings. The summed E-state index contributed by atoms with van der Waals surface area (Å²) in [5.74, 6) is 2.41. The standard InChI is InChI=1S/C15H24N2O2S2/c1-12(2)17-21(18,19)11-14-6-4-3-5-13(14)9-16-15-7-8-20-10-15/h3-6,12,15-17H,7-11H2,1-2H3/t15-/m1/s1.